The van der Waals surface area contributed by atoms with E-state index in [4.69, 9.17) is 0 Å². The first kappa shape index (κ1) is 21.6. The van der Waals surface area contributed by atoms with E-state index in [0.29, 0.717) is 30.6 Å². The molecule has 0 fully saturated rings. The van der Waals surface area contributed by atoms with E-state index in [2.05, 4.69) is 5.32 Å². The van der Waals surface area contributed by atoms with Gasteiger partial charge in [-0.15, -0.1) is 0 Å². The molecule has 3 rings (SSSR count). The van der Waals surface area contributed by atoms with Crippen molar-refractivity contribution in [3.8, 4) is 0 Å². The first-order chi connectivity index (χ1) is 14.3. The van der Waals surface area contributed by atoms with Gasteiger partial charge in [-0.2, -0.15) is 0 Å². The standard InChI is InChI=1S/C24H29N3O3/c1-5-8-22(28)25-19-12-11-17-14-21(24(30)26(3)4)27(15-18(17)13-19)23(29)20-10-7-6-9-16(20)2/h6-7,9-13,21H,5,8,14-15H2,1-4H3,(H,25,28)/t21-/m1/s1. The smallest absolute Gasteiger partial charge is 0.255 e. The minimum atomic E-state index is -0.555. The van der Waals surface area contributed by atoms with E-state index < -0.39 is 6.04 Å². The van der Waals surface area contributed by atoms with Gasteiger partial charge in [0.05, 0.1) is 0 Å². The maximum Gasteiger partial charge on any atom is 0.255 e. The zero-order valence-corrected chi connectivity index (χ0v) is 18.1. The van der Waals surface area contributed by atoms with E-state index in [1.807, 2.05) is 50.2 Å². The first-order valence-corrected chi connectivity index (χ1v) is 10.3. The number of aryl methyl sites for hydroxylation is 1. The Hall–Kier alpha value is -3.15. The van der Waals surface area contributed by atoms with Crippen molar-refractivity contribution in [3.05, 3.63) is 64.7 Å². The van der Waals surface area contributed by atoms with Crippen LogP contribution >= 0.6 is 0 Å². The van der Waals surface area contributed by atoms with Crippen molar-refractivity contribution < 1.29 is 14.4 Å². The predicted molar refractivity (Wildman–Crippen MR) is 117 cm³/mol. The lowest BCUT2D eigenvalue weighted by Crippen LogP contribution is -2.52. The molecule has 0 saturated heterocycles. The molecule has 6 nitrogen and oxygen atoms in total. The van der Waals surface area contributed by atoms with Crippen LogP contribution in [-0.2, 0) is 22.6 Å². The first-order valence-electron chi connectivity index (χ1n) is 10.3. The summed E-state index contributed by atoms with van der Waals surface area (Å²) in [7, 11) is 3.42. The number of amides is 3. The maximum atomic E-state index is 13.4. The van der Waals surface area contributed by atoms with Gasteiger partial charge in [0.25, 0.3) is 5.91 Å². The summed E-state index contributed by atoms with van der Waals surface area (Å²) in [5.41, 5.74) is 4.18. The van der Waals surface area contributed by atoms with Gasteiger partial charge in [-0.25, -0.2) is 0 Å². The van der Waals surface area contributed by atoms with Crippen LogP contribution in [0, 0.1) is 6.92 Å². The second kappa shape index (κ2) is 9.11. The van der Waals surface area contributed by atoms with Crippen molar-refractivity contribution in [1.29, 1.82) is 0 Å². The summed E-state index contributed by atoms with van der Waals surface area (Å²) < 4.78 is 0. The number of carbonyl (C=O) groups excluding carboxylic acids is 3. The van der Waals surface area contributed by atoms with Gasteiger partial charge in [0, 0.05) is 44.7 Å². The average molecular weight is 408 g/mol. The Kier molecular flexibility index (Phi) is 6.55. The second-order valence-corrected chi connectivity index (χ2v) is 7.98. The van der Waals surface area contributed by atoms with Crippen molar-refractivity contribution in [2.45, 2.75) is 45.7 Å². The van der Waals surface area contributed by atoms with E-state index in [1.54, 1.807) is 25.1 Å². The Labute approximate surface area is 177 Å². The van der Waals surface area contributed by atoms with Crippen molar-refractivity contribution in [2.75, 3.05) is 19.4 Å². The summed E-state index contributed by atoms with van der Waals surface area (Å²) in [6, 6.07) is 12.6. The SMILES string of the molecule is CCCC(=O)Nc1ccc2c(c1)CN(C(=O)c1ccccc1C)[C@@H](C(=O)N(C)C)C2. The normalized spacial score (nSPS) is 15.3. The fourth-order valence-corrected chi connectivity index (χ4v) is 3.81. The third-order valence-electron chi connectivity index (χ3n) is 5.46. The van der Waals surface area contributed by atoms with Gasteiger partial charge in [-0.3, -0.25) is 14.4 Å². The number of nitrogens with zero attached hydrogens (tertiary/aromatic N) is 2. The number of rotatable bonds is 5. The largest absolute Gasteiger partial charge is 0.347 e. The summed E-state index contributed by atoms with van der Waals surface area (Å²) in [5, 5.41) is 2.91. The van der Waals surface area contributed by atoms with Crippen LogP contribution < -0.4 is 5.32 Å². The van der Waals surface area contributed by atoms with E-state index >= 15 is 0 Å². The molecular formula is C24H29N3O3. The molecule has 0 spiro atoms. The Morgan fingerprint density at radius 1 is 1.10 bits per heavy atom. The number of benzene rings is 2. The highest BCUT2D eigenvalue weighted by Crippen LogP contribution is 2.29. The molecule has 0 saturated carbocycles. The summed E-state index contributed by atoms with van der Waals surface area (Å²) in [5.74, 6) is -0.274. The molecule has 1 N–H and O–H groups in total. The van der Waals surface area contributed by atoms with E-state index in [-0.39, 0.29) is 17.7 Å². The molecule has 0 aliphatic carbocycles. The molecule has 0 unspecified atom stereocenters. The van der Waals surface area contributed by atoms with Gasteiger partial charge in [0.15, 0.2) is 0 Å². The number of hydrogen-bond acceptors (Lipinski definition) is 3. The van der Waals surface area contributed by atoms with Crippen molar-refractivity contribution in [2.24, 2.45) is 0 Å². The maximum absolute atomic E-state index is 13.4. The summed E-state index contributed by atoms with van der Waals surface area (Å²) in [4.78, 5) is 41.5. The van der Waals surface area contributed by atoms with Crippen LogP contribution in [0.25, 0.3) is 0 Å². The van der Waals surface area contributed by atoms with Gasteiger partial charge in [-0.1, -0.05) is 31.2 Å². The molecule has 2 aromatic rings. The van der Waals surface area contributed by atoms with Crippen LogP contribution in [0.5, 0.6) is 0 Å². The Morgan fingerprint density at radius 2 is 1.83 bits per heavy atom. The predicted octanol–water partition coefficient (Wildman–Crippen LogP) is 3.39. The molecule has 0 aromatic heterocycles. The molecule has 2 aromatic carbocycles. The number of nitrogens with one attached hydrogen (secondary N) is 1. The molecule has 30 heavy (non-hydrogen) atoms. The molecule has 1 heterocycles. The molecule has 158 valence electrons. The zero-order chi connectivity index (χ0) is 21.8. The fraction of sp³-hybridized carbons (Fsp3) is 0.375. The van der Waals surface area contributed by atoms with E-state index in [0.717, 1.165) is 23.1 Å². The highest BCUT2D eigenvalue weighted by atomic mass is 16.2. The quantitative estimate of drug-likeness (QED) is 0.826. The Morgan fingerprint density at radius 3 is 2.50 bits per heavy atom. The second-order valence-electron chi connectivity index (χ2n) is 7.98. The molecule has 3 amide bonds. The van der Waals surface area contributed by atoms with Crippen LogP contribution in [0.2, 0.25) is 0 Å². The monoisotopic (exact) mass is 407 g/mol. The van der Waals surface area contributed by atoms with Crippen molar-refractivity contribution in [3.63, 3.8) is 0 Å². The van der Waals surface area contributed by atoms with E-state index in [1.165, 1.54) is 4.90 Å². The molecular weight excluding hydrogens is 378 g/mol. The molecule has 1 atom stereocenters. The van der Waals surface area contributed by atoms with E-state index in [9.17, 15) is 14.4 Å². The lowest BCUT2D eigenvalue weighted by molar-refractivity contribution is -0.134. The van der Waals surface area contributed by atoms with Crippen LogP contribution in [0.1, 0.15) is 46.8 Å². The van der Waals surface area contributed by atoms with Crippen LogP contribution in [0.3, 0.4) is 0 Å². The number of fused-ring (bicyclic) bond motifs is 1. The highest BCUT2D eigenvalue weighted by Gasteiger charge is 2.36. The van der Waals surface area contributed by atoms with Gasteiger partial charge in [0.1, 0.15) is 6.04 Å². The Balaban J connectivity index is 1.95. The van der Waals surface area contributed by atoms with Gasteiger partial charge < -0.3 is 15.1 Å². The molecule has 6 heteroatoms. The van der Waals surface area contributed by atoms with Gasteiger partial charge in [0.2, 0.25) is 11.8 Å². The molecule has 0 bridgehead atoms. The molecule has 0 radical (unpaired) electrons. The van der Waals surface area contributed by atoms with Crippen molar-refractivity contribution in [1.82, 2.24) is 9.80 Å². The third-order valence-corrected chi connectivity index (χ3v) is 5.46. The summed E-state index contributed by atoms with van der Waals surface area (Å²) in [6.45, 7) is 4.18. The lowest BCUT2D eigenvalue weighted by atomic mass is 9.91. The van der Waals surface area contributed by atoms with Gasteiger partial charge in [-0.05, 0) is 48.2 Å². The lowest BCUT2D eigenvalue weighted by Gasteiger charge is -2.37. The summed E-state index contributed by atoms with van der Waals surface area (Å²) in [6.07, 6.45) is 1.70. The van der Waals surface area contributed by atoms with Gasteiger partial charge >= 0.3 is 0 Å². The zero-order valence-electron chi connectivity index (χ0n) is 18.1. The Bertz CT molecular complexity index is 968. The summed E-state index contributed by atoms with van der Waals surface area (Å²) >= 11 is 0. The number of hydrogen-bond donors (Lipinski definition) is 1. The van der Waals surface area contributed by atoms with Crippen molar-refractivity contribution >= 4 is 23.4 Å². The average Bonchev–Trinajstić information content (AvgIpc) is 2.72. The highest BCUT2D eigenvalue weighted by molar-refractivity contribution is 5.99. The molecule has 1 aliphatic heterocycles. The number of anilines is 1. The van der Waals surface area contributed by atoms with Crippen LogP contribution in [0.4, 0.5) is 5.69 Å². The number of likely N-dealkylation sites (N-methyl/N-ethyl adjacent to an activating group) is 1. The molecule has 1 aliphatic rings. The van der Waals surface area contributed by atoms with Crippen LogP contribution in [0.15, 0.2) is 42.5 Å². The minimum Gasteiger partial charge on any atom is -0.347 e. The fourth-order valence-electron chi connectivity index (χ4n) is 3.81. The number of carbonyl (C=O) groups is 3. The topological polar surface area (TPSA) is 69.7 Å². The van der Waals surface area contributed by atoms with Crippen LogP contribution in [-0.4, -0.2) is 47.7 Å². The minimum absolute atomic E-state index is 0.0261. The third kappa shape index (κ3) is 4.53.